The van der Waals surface area contributed by atoms with Crippen LogP contribution >= 0.6 is 57.6 Å². The average Bonchev–Trinajstić information content (AvgIpc) is 3.10. The summed E-state index contributed by atoms with van der Waals surface area (Å²) in [4.78, 5) is 39.6. The number of rotatable bonds is 7. The van der Waals surface area contributed by atoms with E-state index in [1.54, 1.807) is 54.6 Å². The molecule has 0 radical (unpaired) electrons. The second kappa shape index (κ2) is 11.7. The van der Waals surface area contributed by atoms with Crippen LogP contribution in [-0.2, 0) is 11.3 Å². The first-order valence-corrected chi connectivity index (χ1v) is 13.4. The lowest BCUT2D eigenvalue weighted by molar-refractivity contribution is -0.123. The number of thioether (sulfide) groups is 1. The molecule has 184 valence electrons. The monoisotopic (exact) mass is 653 g/mol. The fourth-order valence-corrected chi connectivity index (χ4v) is 5.34. The number of carbonyl (C=O) groups is 3. The fraction of sp³-hybridized carbons (Fsp3) is 0.115. The highest BCUT2D eigenvalue weighted by molar-refractivity contribution is 14.1. The van der Waals surface area contributed by atoms with Gasteiger partial charge in [-0.1, -0.05) is 47.5 Å². The molecule has 1 heterocycles. The third-order valence-corrected chi connectivity index (χ3v) is 7.67. The first-order chi connectivity index (χ1) is 17.3. The first-order valence-electron chi connectivity index (χ1n) is 10.7. The number of ether oxygens (including phenoxy) is 2. The van der Waals surface area contributed by atoms with E-state index < -0.39 is 17.1 Å². The van der Waals surface area contributed by atoms with Gasteiger partial charge in [0, 0.05) is 19.2 Å². The van der Waals surface area contributed by atoms with Crippen LogP contribution in [0.5, 0.6) is 11.5 Å². The number of amides is 2. The Morgan fingerprint density at radius 2 is 1.75 bits per heavy atom. The summed E-state index contributed by atoms with van der Waals surface area (Å²) in [6.45, 7) is 2.12. The van der Waals surface area contributed by atoms with Gasteiger partial charge in [-0.15, -0.1) is 0 Å². The molecule has 1 aliphatic heterocycles. The van der Waals surface area contributed by atoms with E-state index in [1.165, 1.54) is 0 Å². The van der Waals surface area contributed by atoms with Crippen LogP contribution in [0.25, 0.3) is 6.08 Å². The minimum absolute atomic E-state index is 0.0299. The van der Waals surface area contributed by atoms with Gasteiger partial charge < -0.3 is 9.47 Å². The molecule has 0 bridgehead atoms. The zero-order valence-corrected chi connectivity index (χ0v) is 23.3. The summed E-state index contributed by atoms with van der Waals surface area (Å²) in [6.07, 6.45) is 1.59. The Morgan fingerprint density at radius 1 is 1.03 bits per heavy atom. The quantitative estimate of drug-likeness (QED) is 0.114. The summed E-state index contributed by atoms with van der Waals surface area (Å²) in [5.74, 6) is -0.367. The van der Waals surface area contributed by atoms with Gasteiger partial charge in [-0.25, -0.2) is 4.79 Å². The second-order valence-electron chi connectivity index (χ2n) is 7.48. The van der Waals surface area contributed by atoms with Crippen LogP contribution in [0.1, 0.15) is 28.4 Å². The van der Waals surface area contributed by atoms with E-state index in [4.69, 9.17) is 32.7 Å². The Hall–Kier alpha value is -2.53. The highest BCUT2D eigenvalue weighted by Crippen LogP contribution is 2.37. The third kappa shape index (κ3) is 5.88. The predicted octanol–water partition coefficient (Wildman–Crippen LogP) is 7.45. The van der Waals surface area contributed by atoms with E-state index in [0.29, 0.717) is 39.1 Å². The largest absolute Gasteiger partial charge is 0.490 e. The zero-order valence-electron chi connectivity index (χ0n) is 18.8. The Labute approximate surface area is 235 Å². The van der Waals surface area contributed by atoms with Crippen molar-refractivity contribution >= 4 is 80.7 Å². The molecule has 2 amide bonds. The highest BCUT2D eigenvalue weighted by Gasteiger charge is 2.35. The molecule has 1 aliphatic rings. The lowest BCUT2D eigenvalue weighted by Gasteiger charge is -2.14. The van der Waals surface area contributed by atoms with Gasteiger partial charge in [-0.05, 0) is 89.3 Å². The van der Waals surface area contributed by atoms with Crippen LogP contribution in [0, 0.1) is 3.57 Å². The Balaban J connectivity index is 1.56. The van der Waals surface area contributed by atoms with Crippen LogP contribution in [0.2, 0.25) is 10.0 Å². The van der Waals surface area contributed by atoms with Crippen molar-refractivity contribution in [3.05, 3.63) is 95.9 Å². The van der Waals surface area contributed by atoms with E-state index in [1.807, 2.05) is 19.1 Å². The molecular weight excluding hydrogens is 636 g/mol. The topological polar surface area (TPSA) is 72.9 Å². The Morgan fingerprint density at radius 3 is 2.44 bits per heavy atom. The van der Waals surface area contributed by atoms with Crippen molar-refractivity contribution in [3.8, 4) is 11.5 Å². The number of hydrogen-bond donors (Lipinski definition) is 0. The van der Waals surface area contributed by atoms with Crippen molar-refractivity contribution in [2.24, 2.45) is 0 Å². The maximum absolute atomic E-state index is 13.0. The fourth-order valence-electron chi connectivity index (χ4n) is 3.38. The molecule has 36 heavy (non-hydrogen) atoms. The normalized spacial score (nSPS) is 14.4. The van der Waals surface area contributed by atoms with Gasteiger partial charge >= 0.3 is 5.97 Å². The standard InChI is InChI=1S/C26H18Cl2INO5S/c1-2-34-22-12-15(10-11-21(22)35-25(32)16-6-3-4-9-20(16)29)13-23-24(31)30(26(33)36-23)14-17-18(27)7-5-8-19(17)28/h3-13H,2,14H2,1H3/b23-13-. The lowest BCUT2D eigenvalue weighted by Crippen LogP contribution is -2.27. The molecule has 0 saturated carbocycles. The van der Waals surface area contributed by atoms with Crippen LogP contribution in [0.15, 0.2) is 65.6 Å². The molecule has 4 rings (SSSR count). The second-order valence-corrected chi connectivity index (χ2v) is 10.4. The van der Waals surface area contributed by atoms with Crippen molar-refractivity contribution in [2.45, 2.75) is 13.5 Å². The average molecular weight is 654 g/mol. The minimum atomic E-state index is -0.506. The molecule has 1 saturated heterocycles. The zero-order chi connectivity index (χ0) is 25.8. The predicted molar refractivity (Wildman–Crippen MR) is 150 cm³/mol. The lowest BCUT2D eigenvalue weighted by atomic mass is 10.1. The minimum Gasteiger partial charge on any atom is -0.490 e. The van der Waals surface area contributed by atoms with Crippen molar-refractivity contribution in [1.82, 2.24) is 4.90 Å². The molecule has 6 nitrogen and oxygen atoms in total. The molecule has 3 aromatic rings. The molecule has 0 N–H and O–H groups in total. The molecule has 0 spiro atoms. The SMILES string of the molecule is CCOc1cc(/C=C2\SC(=O)N(Cc3c(Cl)cccc3Cl)C2=O)ccc1OC(=O)c1ccccc1I. The molecule has 0 aliphatic carbocycles. The maximum atomic E-state index is 13.0. The number of carbonyl (C=O) groups excluding carboxylic acids is 3. The van der Waals surface area contributed by atoms with Gasteiger partial charge in [0.05, 0.1) is 23.6 Å². The molecule has 0 aromatic heterocycles. The number of halogens is 3. The summed E-state index contributed by atoms with van der Waals surface area (Å²) in [6, 6.07) is 17.0. The molecular formula is C26H18Cl2INO5S. The molecule has 10 heteroatoms. The van der Waals surface area contributed by atoms with Gasteiger partial charge in [0.15, 0.2) is 11.5 Å². The smallest absolute Gasteiger partial charge is 0.344 e. The Bertz CT molecular complexity index is 1370. The highest BCUT2D eigenvalue weighted by atomic mass is 127. The van der Waals surface area contributed by atoms with E-state index in [-0.39, 0.29) is 17.2 Å². The van der Waals surface area contributed by atoms with Crippen molar-refractivity contribution < 1.29 is 23.9 Å². The van der Waals surface area contributed by atoms with Gasteiger partial charge in [0.25, 0.3) is 11.1 Å². The molecule has 1 fully saturated rings. The summed E-state index contributed by atoms with van der Waals surface area (Å²) in [5.41, 5.74) is 1.55. The summed E-state index contributed by atoms with van der Waals surface area (Å²) in [5, 5.41) is 0.333. The number of benzene rings is 3. The number of hydrogen-bond acceptors (Lipinski definition) is 6. The number of nitrogens with zero attached hydrogens (tertiary/aromatic N) is 1. The van der Waals surface area contributed by atoms with Gasteiger partial charge in [0.2, 0.25) is 0 Å². The van der Waals surface area contributed by atoms with Crippen LogP contribution < -0.4 is 9.47 Å². The molecule has 3 aromatic carbocycles. The van der Waals surface area contributed by atoms with Gasteiger partial charge in [-0.2, -0.15) is 0 Å². The van der Waals surface area contributed by atoms with Crippen molar-refractivity contribution in [1.29, 1.82) is 0 Å². The number of imide groups is 1. The maximum Gasteiger partial charge on any atom is 0.344 e. The van der Waals surface area contributed by atoms with Gasteiger partial charge in [-0.3, -0.25) is 14.5 Å². The van der Waals surface area contributed by atoms with E-state index in [2.05, 4.69) is 22.6 Å². The van der Waals surface area contributed by atoms with Crippen LogP contribution in [-0.4, -0.2) is 28.6 Å². The van der Waals surface area contributed by atoms with E-state index in [9.17, 15) is 14.4 Å². The molecule has 0 atom stereocenters. The van der Waals surface area contributed by atoms with E-state index >= 15 is 0 Å². The van der Waals surface area contributed by atoms with Gasteiger partial charge in [0.1, 0.15) is 0 Å². The van der Waals surface area contributed by atoms with E-state index in [0.717, 1.165) is 20.2 Å². The number of esters is 1. The third-order valence-electron chi connectivity index (χ3n) is 5.11. The Kier molecular flexibility index (Phi) is 8.61. The van der Waals surface area contributed by atoms with Crippen LogP contribution in [0.3, 0.4) is 0 Å². The van der Waals surface area contributed by atoms with Crippen molar-refractivity contribution in [2.75, 3.05) is 6.61 Å². The first kappa shape index (κ1) is 26.5. The van der Waals surface area contributed by atoms with Crippen molar-refractivity contribution in [3.63, 3.8) is 0 Å². The summed E-state index contributed by atoms with van der Waals surface area (Å²) in [7, 11) is 0. The summed E-state index contributed by atoms with van der Waals surface area (Å²) >= 11 is 15.3. The summed E-state index contributed by atoms with van der Waals surface area (Å²) < 4.78 is 12.0. The molecule has 0 unspecified atom stereocenters. The van der Waals surface area contributed by atoms with Crippen LogP contribution in [0.4, 0.5) is 4.79 Å².